The van der Waals surface area contributed by atoms with E-state index in [1.54, 1.807) is 0 Å². The summed E-state index contributed by atoms with van der Waals surface area (Å²) in [4.78, 5) is 0. The zero-order valence-corrected chi connectivity index (χ0v) is 20.2. The van der Waals surface area contributed by atoms with Gasteiger partial charge in [-0.05, 0) is 54.2 Å². The van der Waals surface area contributed by atoms with Gasteiger partial charge in [0.1, 0.15) is 6.61 Å². The number of halogens is 2. The third-order valence-corrected chi connectivity index (χ3v) is 6.97. The molecule has 4 heteroatoms. The fourth-order valence-corrected chi connectivity index (χ4v) is 4.75. The van der Waals surface area contributed by atoms with Crippen molar-refractivity contribution in [2.45, 2.75) is 51.6 Å². The fraction of sp³-hybridized carbons (Fsp3) is 0.407. The lowest BCUT2D eigenvalue weighted by Gasteiger charge is -2.37. The normalized spacial score (nSPS) is 27.2. The van der Waals surface area contributed by atoms with Crippen LogP contribution in [0.5, 0.6) is 0 Å². The van der Waals surface area contributed by atoms with Gasteiger partial charge >= 0.3 is 0 Å². The minimum atomic E-state index is -0.243. The molecule has 1 aliphatic rings. The highest BCUT2D eigenvalue weighted by molar-refractivity contribution is 6.30. The largest absolute Gasteiger partial charge is 0.496 e. The topological polar surface area (TPSA) is 21.3 Å². The van der Waals surface area contributed by atoms with Gasteiger partial charge < -0.3 is 10.1 Å². The molecule has 1 N–H and O–H groups in total. The van der Waals surface area contributed by atoms with Gasteiger partial charge in [-0.2, -0.15) is 0 Å². The van der Waals surface area contributed by atoms with Crippen molar-refractivity contribution in [1.82, 2.24) is 5.32 Å². The molecule has 2 nitrogen and oxygen atoms in total. The second-order valence-corrected chi connectivity index (χ2v) is 10.1. The van der Waals surface area contributed by atoms with Crippen LogP contribution in [0.1, 0.15) is 56.7 Å². The average molecular weight is 458 g/mol. The smallest absolute Gasteiger partial charge is 0.103 e. The van der Waals surface area contributed by atoms with Gasteiger partial charge in [0.2, 0.25) is 0 Å². The lowest BCUT2D eigenvalue weighted by atomic mass is 9.71. The van der Waals surface area contributed by atoms with Crippen LogP contribution in [0, 0.1) is 11.3 Å². The summed E-state index contributed by atoms with van der Waals surface area (Å²) in [6.07, 6.45) is 3.61. The van der Waals surface area contributed by atoms with Crippen molar-refractivity contribution in [2.75, 3.05) is 6.61 Å². The summed E-state index contributed by atoms with van der Waals surface area (Å²) in [6, 6.07) is 16.6. The lowest BCUT2D eigenvalue weighted by Crippen LogP contribution is -2.41. The molecule has 0 amide bonds. The minimum absolute atomic E-state index is 0.0711. The molecule has 2 unspecified atom stereocenters. The number of nitrogens with one attached hydrogen (secondary N) is 1. The summed E-state index contributed by atoms with van der Waals surface area (Å²) < 4.78 is 6.26. The standard InChI is InChI=1S/C27H33Cl2NO/c1-6-14-27(5)16-24(21-8-7-9-23(29)15-21)26(20-10-12-22(28)13-11-20)30-25(18(2)3)17-31-19(27)4/h6-13,15,18,24-26,30H,1,4,14,16-17H2,2-3,5H3/t24-,25?,26?,27+/m1/s1. The van der Waals surface area contributed by atoms with Gasteiger partial charge in [-0.3, -0.25) is 0 Å². The Balaban J connectivity index is 2.17. The molecule has 0 bridgehead atoms. The summed E-state index contributed by atoms with van der Waals surface area (Å²) in [7, 11) is 0. The first-order valence-electron chi connectivity index (χ1n) is 10.9. The number of benzene rings is 2. The Bertz CT molecular complexity index is 908. The van der Waals surface area contributed by atoms with Crippen LogP contribution in [0.2, 0.25) is 10.0 Å². The van der Waals surface area contributed by atoms with Crippen LogP contribution in [-0.4, -0.2) is 12.6 Å². The van der Waals surface area contributed by atoms with Crippen molar-refractivity contribution >= 4 is 23.2 Å². The predicted molar refractivity (Wildman–Crippen MR) is 133 cm³/mol. The minimum Gasteiger partial charge on any atom is -0.496 e. The van der Waals surface area contributed by atoms with Gasteiger partial charge in [-0.1, -0.05) is 80.9 Å². The molecule has 1 saturated heterocycles. The van der Waals surface area contributed by atoms with E-state index in [1.807, 2.05) is 30.3 Å². The van der Waals surface area contributed by atoms with E-state index in [4.69, 9.17) is 27.9 Å². The van der Waals surface area contributed by atoms with Gasteiger partial charge in [-0.15, -0.1) is 6.58 Å². The second kappa shape index (κ2) is 10.3. The van der Waals surface area contributed by atoms with E-state index >= 15 is 0 Å². The maximum atomic E-state index is 6.43. The van der Waals surface area contributed by atoms with E-state index in [1.165, 1.54) is 11.1 Å². The van der Waals surface area contributed by atoms with Crippen LogP contribution < -0.4 is 5.32 Å². The van der Waals surface area contributed by atoms with Crippen LogP contribution in [0.25, 0.3) is 0 Å². The molecule has 0 aliphatic carbocycles. The number of allylic oxidation sites excluding steroid dienone is 2. The third kappa shape index (κ3) is 5.74. The van der Waals surface area contributed by atoms with Crippen molar-refractivity contribution in [3.8, 4) is 0 Å². The monoisotopic (exact) mass is 457 g/mol. The Labute approximate surface area is 197 Å². The molecule has 2 aromatic rings. The second-order valence-electron chi connectivity index (χ2n) is 9.20. The molecule has 1 heterocycles. The molecule has 0 radical (unpaired) electrons. The third-order valence-electron chi connectivity index (χ3n) is 6.48. The molecule has 2 aromatic carbocycles. The van der Waals surface area contributed by atoms with Crippen molar-refractivity contribution < 1.29 is 4.74 Å². The number of rotatable bonds is 5. The summed E-state index contributed by atoms with van der Waals surface area (Å²) in [5, 5.41) is 5.40. The van der Waals surface area contributed by atoms with Gasteiger partial charge in [0.05, 0.1) is 5.76 Å². The van der Waals surface area contributed by atoms with Crippen LogP contribution >= 0.6 is 23.2 Å². The first-order valence-corrected chi connectivity index (χ1v) is 11.7. The maximum absolute atomic E-state index is 6.43. The molecule has 0 aromatic heterocycles. The van der Waals surface area contributed by atoms with Crippen molar-refractivity contribution in [1.29, 1.82) is 0 Å². The highest BCUT2D eigenvalue weighted by atomic mass is 35.5. The molecule has 0 saturated carbocycles. The van der Waals surface area contributed by atoms with E-state index in [9.17, 15) is 0 Å². The molecular formula is C27H33Cl2NO. The molecule has 1 fully saturated rings. The van der Waals surface area contributed by atoms with E-state index in [0.717, 1.165) is 28.6 Å². The first kappa shape index (κ1) is 23.9. The molecule has 4 atom stereocenters. The zero-order valence-electron chi connectivity index (χ0n) is 18.7. The van der Waals surface area contributed by atoms with Crippen molar-refractivity contribution in [3.05, 3.63) is 94.7 Å². The Morgan fingerprint density at radius 3 is 2.45 bits per heavy atom. The van der Waals surface area contributed by atoms with Crippen LogP contribution in [0.4, 0.5) is 0 Å². The summed E-state index contributed by atoms with van der Waals surface area (Å²) in [5.41, 5.74) is 2.16. The van der Waals surface area contributed by atoms with Crippen molar-refractivity contribution in [3.63, 3.8) is 0 Å². The SMILES string of the molecule is C=CC[C@@]1(C)C[C@H](c2cccc(Cl)c2)C(c2ccc(Cl)cc2)NC(C(C)C)COC1=C. The molecule has 0 spiro atoms. The van der Waals surface area contributed by atoms with Crippen LogP contribution in [-0.2, 0) is 4.74 Å². The zero-order chi connectivity index (χ0) is 22.6. The highest BCUT2D eigenvalue weighted by Crippen LogP contribution is 2.47. The van der Waals surface area contributed by atoms with Crippen molar-refractivity contribution in [2.24, 2.45) is 11.3 Å². The van der Waals surface area contributed by atoms with E-state index in [0.29, 0.717) is 12.5 Å². The van der Waals surface area contributed by atoms with Gasteiger partial charge in [0.15, 0.2) is 0 Å². The number of hydrogen-bond acceptors (Lipinski definition) is 2. The molecule has 166 valence electrons. The first-order chi connectivity index (χ1) is 14.7. The number of hydrogen-bond donors (Lipinski definition) is 1. The van der Waals surface area contributed by atoms with E-state index in [2.05, 4.69) is 63.5 Å². The van der Waals surface area contributed by atoms with Crippen LogP contribution in [0.15, 0.2) is 73.5 Å². The molecule has 1 aliphatic heterocycles. The Kier molecular flexibility index (Phi) is 7.91. The van der Waals surface area contributed by atoms with Gasteiger partial charge in [0, 0.05) is 33.5 Å². The number of ether oxygens (including phenoxy) is 1. The summed E-state index contributed by atoms with van der Waals surface area (Å²) in [6.45, 7) is 15.6. The Morgan fingerprint density at radius 2 is 1.84 bits per heavy atom. The summed E-state index contributed by atoms with van der Waals surface area (Å²) >= 11 is 12.6. The molecule has 31 heavy (non-hydrogen) atoms. The molecule has 3 rings (SSSR count). The Morgan fingerprint density at radius 1 is 1.13 bits per heavy atom. The lowest BCUT2D eigenvalue weighted by molar-refractivity contribution is 0.110. The van der Waals surface area contributed by atoms with E-state index in [-0.39, 0.29) is 23.4 Å². The Hall–Kier alpha value is -1.74. The maximum Gasteiger partial charge on any atom is 0.103 e. The quantitative estimate of drug-likeness (QED) is 0.459. The van der Waals surface area contributed by atoms with Gasteiger partial charge in [0.25, 0.3) is 0 Å². The predicted octanol–water partition coefficient (Wildman–Crippen LogP) is 7.95. The van der Waals surface area contributed by atoms with E-state index < -0.39 is 0 Å². The van der Waals surface area contributed by atoms with Crippen LogP contribution in [0.3, 0.4) is 0 Å². The average Bonchev–Trinajstić information content (AvgIpc) is 2.78. The summed E-state index contributed by atoms with van der Waals surface area (Å²) in [5.74, 6) is 1.37. The highest BCUT2D eigenvalue weighted by Gasteiger charge is 2.39. The molecular weight excluding hydrogens is 425 g/mol. The van der Waals surface area contributed by atoms with Gasteiger partial charge in [-0.25, -0.2) is 0 Å². The fourth-order valence-electron chi connectivity index (χ4n) is 4.42.